The number of hydrogen-bond donors (Lipinski definition) is 0. The van der Waals surface area contributed by atoms with Crippen molar-refractivity contribution in [3.05, 3.63) is 17.7 Å². The number of methoxy groups -OCH3 is 2. The van der Waals surface area contributed by atoms with Crippen LogP contribution in [0.4, 0.5) is 5.69 Å². The number of nitrogens with zero attached hydrogens (tertiary/aromatic N) is 1. The average Bonchev–Trinajstić information content (AvgIpc) is 2.53. The van der Waals surface area contributed by atoms with Gasteiger partial charge in [0.05, 0.1) is 19.9 Å². The van der Waals surface area contributed by atoms with Crippen LogP contribution in [0.3, 0.4) is 0 Å². The Morgan fingerprint density at radius 3 is 2.20 bits per heavy atom. The van der Waals surface area contributed by atoms with E-state index in [2.05, 4.69) is 20.8 Å². The summed E-state index contributed by atoms with van der Waals surface area (Å²) in [4.78, 5) is 14.3. The minimum absolute atomic E-state index is 0.170. The molecule has 0 atom stereocenters. The highest BCUT2D eigenvalue weighted by Crippen LogP contribution is 2.40. The van der Waals surface area contributed by atoms with Crippen molar-refractivity contribution in [1.82, 2.24) is 0 Å². The number of aryl methyl sites for hydroxylation is 1. The molecule has 0 spiro atoms. The summed E-state index contributed by atoms with van der Waals surface area (Å²) >= 11 is 0. The number of amides is 1. The first-order chi connectivity index (χ1) is 9.38. The van der Waals surface area contributed by atoms with E-state index in [4.69, 9.17) is 9.47 Å². The van der Waals surface area contributed by atoms with Crippen LogP contribution in [-0.4, -0.2) is 25.7 Å². The van der Waals surface area contributed by atoms with Crippen molar-refractivity contribution in [3.63, 3.8) is 0 Å². The zero-order valence-electron chi connectivity index (χ0n) is 12.9. The van der Waals surface area contributed by atoms with Gasteiger partial charge in [-0.25, -0.2) is 0 Å². The standard InChI is InChI=1S/C16H23NO3/c1-16(2,3)17-12-10-14(20-5)13(19-4)9-11(12)7-6-8-15(17)18/h9-10H,6-8H2,1-5H3. The van der Waals surface area contributed by atoms with E-state index in [1.807, 2.05) is 17.0 Å². The van der Waals surface area contributed by atoms with Crippen molar-refractivity contribution in [2.24, 2.45) is 0 Å². The fourth-order valence-electron chi connectivity index (χ4n) is 2.73. The molecule has 1 aromatic carbocycles. The third-order valence-corrected chi connectivity index (χ3v) is 3.58. The molecule has 0 saturated heterocycles. The Kier molecular flexibility index (Phi) is 3.93. The van der Waals surface area contributed by atoms with Gasteiger partial charge in [0.2, 0.25) is 5.91 Å². The topological polar surface area (TPSA) is 38.8 Å². The Bertz CT molecular complexity index is 517. The highest BCUT2D eigenvalue weighted by atomic mass is 16.5. The van der Waals surface area contributed by atoms with Crippen LogP contribution >= 0.6 is 0 Å². The van der Waals surface area contributed by atoms with Crippen molar-refractivity contribution in [2.45, 2.75) is 45.6 Å². The zero-order chi connectivity index (χ0) is 14.9. The first-order valence-corrected chi connectivity index (χ1v) is 6.96. The Balaban J connectivity index is 2.62. The van der Waals surface area contributed by atoms with E-state index in [0.29, 0.717) is 12.2 Å². The third kappa shape index (κ3) is 2.60. The maximum atomic E-state index is 12.4. The number of ether oxygens (including phenoxy) is 2. The predicted octanol–water partition coefficient (Wildman–Crippen LogP) is 3.17. The molecule has 1 aliphatic rings. The second kappa shape index (κ2) is 5.35. The molecule has 0 fully saturated rings. The second-order valence-corrected chi connectivity index (χ2v) is 6.09. The van der Waals surface area contributed by atoms with E-state index in [9.17, 15) is 4.79 Å². The summed E-state index contributed by atoms with van der Waals surface area (Å²) in [6, 6.07) is 3.91. The van der Waals surface area contributed by atoms with E-state index in [1.165, 1.54) is 0 Å². The Morgan fingerprint density at radius 1 is 1.05 bits per heavy atom. The molecule has 0 aromatic heterocycles. The van der Waals surface area contributed by atoms with Crippen molar-refractivity contribution in [3.8, 4) is 11.5 Å². The van der Waals surface area contributed by atoms with Gasteiger partial charge in [0.25, 0.3) is 0 Å². The van der Waals surface area contributed by atoms with Crippen LogP contribution in [-0.2, 0) is 11.2 Å². The third-order valence-electron chi connectivity index (χ3n) is 3.58. The summed E-state index contributed by atoms with van der Waals surface area (Å²) in [5.41, 5.74) is 1.83. The SMILES string of the molecule is COc1cc2c(cc1OC)N(C(C)(C)C)C(=O)CCC2. The first-order valence-electron chi connectivity index (χ1n) is 6.96. The van der Waals surface area contributed by atoms with Crippen LogP contribution < -0.4 is 14.4 Å². The molecule has 110 valence electrons. The van der Waals surface area contributed by atoms with Gasteiger partial charge in [0.1, 0.15) is 0 Å². The molecule has 4 nitrogen and oxygen atoms in total. The van der Waals surface area contributed by atoms with Crippen molar-refractivity contribution < 1.29 is 14.3 Å². The van der Waals surface area contributed by atoms with Crippen LogP contribution in [0.1, 0.15) is 39.2 Å². The number of carbonyl (C=O) groups is 1. The molecule has 1 aliphatic heterocycles. The minimum Gasteiger partial charge on any atom is -0.493 e. The summed E-state index contributed by atoms with van der Waals surface area (Å²) in [6.07, 6.45) is 2.33. The molecule has 4 heteroatoms. The number of benzene rings is 1. The van der Waals surface area contributed by atoms with E-state index in [1.54, 1.807) is 14.2 Å². The molecule has 0 radical (unpaired) electrons. The van der Waals surface area contributed by atoms with Gasteiger partial charge in [0, 0.05) is 18.0 Å². The van der Waals surface area contributed by atoms with Crippen molar-refractivity contribution in [1.29, 1.82) is 0 Å². The predicted molar refractivity (Wildman–Crippen MR) is 79.7 cm³/mol. The van der Waals surface area contributed by atoms with Crippen LogP contribution in [0, 0.1) is 0 Å². The smallest absolute Gasteiger partial charge is 0.227 e. The van der Waals surface area contributed by atoms with Gasteiger partial charge in [-0.1, -0.05) is 0 Å². The maximum Gasteiger partial charge on any atom is 0.227 e. The molecule has 0 aliphatic carbocycles. The molecule has 0 bridgehead atoms. The van der Waals surface area contributed by atoms with E-state index < -0.39 is 0 Å². The number of anilines is 1. The number of hydrogen-bond acceptors (Lipinski definition) is 3. The number of rotatable bonds is 2. The molecule has 2 rings (SSSR count). The molecule has 20 heavy (non-hydrogen) atoms. The monoisotopic (exact) mass is 277 g/mol. The summed E-state index contributed by atoms with van der Waals surface area (Å²) in [6.45, 7) is 6.16. The molecule has 1 amide bonds. The highest BCUT2D eigenvalue weighted by molar-refractivity contribution is 5.96. The van der Waals surface area contributed by atoms with Gasteiger partial charge in [-0.2, -0.15) is 0 Å². The number of carbonyl (C=O) groups excluding carboxylic acids is 1. The van der Waals surface area contributed by atoms with Gasteiger partial charge in [-0.15, -0.1) is 0 Å². The Hall–Kier alpha value is -1.71. The fraction of sp³-hybridized carbons (Fsp3) is 0.562. The lowest BCUT2D eigenvalue weighted by atomic mass is 10.0. The van der Waals surface area contributed by atoms with Gasteiger partial charge in [-0.3, -0.25) is 4.79 Å². The molecular formula is C16H23NO3. The molecule has 0 unspecified atom stereocenters. The lowest BCUT2D eigenvalue weighted by Gasteiger charge is -2.36. The van der Waals surface area contributed by atoms with Crippen molar-refractivity contribution >= 4 is 11.6 Å². The lowest BCUT2D eigenvalue weighted by molar-refractivity contribution is -0.119. The molecule has 1 aromatic rings. The van der Waals surface area contributed by atoms with Crippen molar-refractivity contribution in [2.75, 3.05) is 19.1 Å². The van der Waals surface area contributed by atoms with E-state index in [0.717, 1.165) is 29.8 Å². The van der Waals surface area contributed by atoms with E-state index >= 15 is 0 Å². The summed E-state index contributed by atoms with van der Waals surface area (Å²) in [5, 5.41) is 0. The Labute approximate surface area is 120 Å². The largest absolute Gasteiger partial charge is 0.493 e. The van der Waals surface area contributed by atoms with Crippen LogP contribution in [0.5, 0.6) is 11.5 Å². The first kappa shape index (κ1) is 14.7. The number of fused-ring (bicyclic) bond motifs is 1. The minimum atomic E-state index is -0.254. The van der Waals surface area contributed by atoms with Gasteiger partial charge >= 0.3 is 0 Å². The molecule has 0 saturated carbocycles. The highest BCUT2D eigenvalue weighted by Gasteiger charge is 2.32. The van der Waals surface area contributed by atoms with Crippen LogP contribution in [0.15, 0.2) is 12.1 Å². The molecule has 0 N–H and O–H groups in total. The summed E-state index contributed by atoms with van der Waals surface area (Å²) in [7, 11) is 3.25. The molecular weight excluding hydrogens is 254 g/mol. The zero-order valence-corrected chi connectivity index (χ0v) is 12.9. The maximum absolute atomic E-state index is 12.4. The summed E-state index contributed by atoms with van der Waals surface area (Å²) < 4.78 is 10.7. The van der Waals surface area contributed by atoms with Gasteiger partial charge in [0.15, 0.2) is 11.5 Å². The Morgan fingerprint density at radius 2 is 1.65 bits per heavy atom. The van der Waals surface area contributed by atoms with Crippen LogP contribution in [0.25, 0.3) is 0 Å². The lowest BCUT2D eigenvalue weighted by Crippen LogP contribution is -2.45. The average molecular weight is 277 g/mol. The molecule has 1 heterocycles. The van der Waals surface area contributed by atoms with Crippen LogP contribution in [0.2, 0.25) is 0 Å². The normalized spacial score (nSPS) is 15.7. The van der Waals surface area contributed by atoms with E-state index in [-0.39, 0.29) is 11.4 Å². The second-order valence-electron chi connectivity index (χ2n) is 6.09. The quantitative estimate of drug-likeness (QED) is 0.833. The fourth-order valence-corrected chi connectivity index (χ4v) is 2.73. The van der Waals surface area contributed by atoms with Gasteiger partial charge < -0.3 is 14.4 Å². The summed E-state index contributed by atoms with van der Waals surface area (Å²) in [5.74, 6) is 1.55. The van der Waals surface area contributed by atoms with Gasteiger partial charge in [-0.05, 0) is 45.2 Å².